The Morgan fingerprint density at radius 2 is 1.50 bits per heavy atom. The Kier molecular flexibility index (Phi) is 5.49. The first-order valence-corrected chi connectivity index (χ1v) is 9.78. The lowest BCUT2D eigenvalue weighted by molar-refractivity contribution is 0.0474. The molecule has 3 rings (SSSR count). The first-order chi connectivity index (χ1) is 12.5. The van der Waals surface area contributed by atoms with Crippen LogP contribution in [0.2, 0.25) is 0 Å². The molecular formula is C19H19NO5S. The summed E-state index contributed by atoms with van der Waals surface area (Å²) >= 11 is 0. The molecule has 0 aliphatic carbocycles. The molecule has 1 heterocycles. The van der Waals surface area contributed by atoms with Gasteiger partial charge >= 0.3 is 5.97 Å². The molecule has 1 fully saturated rings. The van der Waals surface area contributed by atoms with Gasteiger partial charge in [-0.2, -0.15) is 4.31 Å². The molecule has 0 amide bonds. The molecule has 0 N–H and O–H groups in total. The molecule has 1 aliphatic rings. The minimum atomic E-state index is -3.52. The summed E-state index contributed by atoms with van der Waals surface area (Å²) in [5.74, 6) is -0.966. The zero-order chi connectivity index (χ0) is 18.6. The van der Waals surface area contributed by atoms with E-state index >= 15 is 0 Å². The summed E-state index contributed by atoms with van der Waals surface area (Å²) in [6.07, 6.45) is 1.72. The number of carbonyl (C=O) groups is 2. The summed E-state index contributed by atoms with van der Waals surface area (Å²) in [5, 5.41) is 0. The van der Waals surface area contributed by atoms with Gasteiger partial charge in [-0.25, -0.2) is 13.2 Å². The maximum atomic E-state index is 12.5. The Morgan fingerprint density at radius 3 is 2.12 bits per heavy atom. The summed E-state index contributed by atoms with van der Waals surface area (Å²) in [7, 11) is -3.52. The Morgan fingerprint density at radius 1 is 0.885 bits per heavy atom. The van der Waals surface area contributed by atoms with E-state index in [2.05, 4.69) is 0 Å². The molecule has 2 aromatic carbocycles. The maximum absolute atomic E-state index is 12.5. The molecule has 0 aromatic heterocycles. The lowest BCUT2D eigenvalue weighted by Crippen LogP contribution is -2.27. The maximum Gasteiger partial charge on any atom is 0.338 e. The van der Waals surface area contributed by atoms with E-state index < -0.39 is 16.0 Å². The van der Waals surface area contributed by atoms with Crippen molar-refractivity contribution in [3.63, 3.8) is 0 Å². The third-order valence-corrected chi connectivity index (χ3v) is 6.14. The molecule has 136 valence electrons. The fourth-order valence-electron chi connectivity index (χ4n) is 2.76. The fourth-order valence-corrected chi connectivity index (χ4v) is 4.28. The highest BCUT2D eigenvalue weighted by atomic mass is 32.2. The molecule has 0 radical (unpaired) electrons. The van der Waals surface area contributed by atoms with Crippen LogP contribution in [0.25, 0.3) is 0 Å². The van der Waals surface area contributed by atoms with E-state index in [-0.39, 0.29) is 22.8 Å². The molecule has 2 aromatic rings. The summed E-state index contributed by atoms with van der Waals surface area (Å²) in [6.45, 7) is 0.679. The monoisotopic (exact) mass is 373 g/mol. The molecule has 0 atom stereocenters. The van der Waals surface area contributed by atoms with Crippen LogP contribution in [0, 0.1) is 0 Å². The number of nitrogens with zero attached hydrogens (tertiary/aromatic N) is 1. The van der Waals surface area contributed by atoms with Crippen LogP contribution in [0.3, 0.4) is 0 Å². The average Bonchev–Trinajstić information content (AvgIpc) is 3.22. The highest BCUT2D eigenvalue weighted by Gasteiger charge is 2.27. The van der Waals surface area contributed by atoms with Gasteiger partial charge in [0.2, 0.25) is 10.0 Å². The fraction of sp³-hybridized carbons (Fsp3) is 0.263. The number of rotatable bonds is 6. The van der Waals surface area contributed by atoms with Crippen LogP contribution in [0.5, 0.6) is 0 Å². The standard InChI is InChI=1S/C19H19NO5S/c21-18(15-6-2-1-3-7-15)14-25-19(22)16-8-10-17(11-9-16)26(23,24)20-12-4-5-13-20/h1-3,6-11H,4-5,12-14H2. The van der Waals surface area contributed by atoms with Gasteiger partial charge in [-0.3, -0.25) is 4.79 Å². The number of hydrogen-bond acceptors (Lipinski definition) is 5. The normalized spacial score (nSPS) is 14.9. The molecule has 0 spiro atoms. The Balaban J connectivity index is 1.63. The van der Waals surface area contributed by atoms with Crippen molar-refractivity contribution in [2.75, 3.05) is 19.7 Å². The van der Waals surface area contributed by atoms with Gasteiger partial charge in [0.25, 0.3) is 0 Å². The molecule has 7 heteroatoms. The highest BCUT2D eigenvalue weighted by Crippen LogP contribution is 2.21. The van der Waals surface area contributed by atoms with Crippen molar-refractivity contribution in [1.29, 1.82) is 0 Å². The van der Waals surface area contributed by atoms with Crippen LogP contribution >= 0.6 is 0 Å². The summed E-state index contributed by atoms with van der Waals surface area (Å²) in [6, 6.07) is 14.1. The Labute approximate surface area is 152 Å². The second-order valence-corrected chi connectivity index (χ2v) is 7.94. The molecule has 1 aliphatic heterocycles. The van der Waals surface area contributed by atoms with Gasteiger partial charge in [-0.1, -0.05) is 30.3 Å². The summed E-state index contributed by atoms with van der Waals surface area (Å²) in [5.41, 5.74) is 0.665. The van der Waals surface area contributed by atoms with Gasteiger partial charge < -0.3 is 4.74 Å². The van der Waals surface area contributed by atoms with Gasteiger partial charge in [0, 0.05) is 18.7 Å². The van der Waals surface area contributed by atoms with Gasteiger partial charge in [-0.05, 0) is 37.1 Å². The van der Waals surface area contributed by atoms with Gasteiger partial charge in [-0.15, -0.1) is 0 Å². The SMILES string of the molecule is O=C(COC(=O)c1ccc(S(=O)(=O)N2CCCC2)cc1)c1ccccc1. The number of carbonyl (C=O) groups excluding carboxylic acids is 2. The van der Waals surface area contributed by atoms with E-state index in [4.69, 9.17) is 4.74 Å². The van der Waals surface area contributed by atoms with Crippen molar-refractivity contribution >= 4 is 21.8 Å². The first kappa shape index (κ1) is 18.3. The van der Waals surface area contributed by atoms with Gasteiger partial charge in [0.15, 0.2) is 12.4 Å². The number of esters is 1. The van der Waals surface area contributed by atoms with Crippen molar-refractivity contribution < 1.29 is 22.7 Å². The number of ketones is 1. The third kappa shape index (κ3) is 4.00. The molecule has 26 heavy (non-hydrogen) atoms. The van der Waals surface area contributed by atoms with E-state index in [1.54, 1.807) is 30.3 Å². The summed E-state index contributed by atoms with van der Waals surface area (Å²) in [4.78, 5) is 24.2. The Hall–Kier alpha value is -2.51. The molecular weight excluding hydrogens is 354 g/mol. The van der Waals surface area contributed by atoms with E-state index in [9.17, 15) is 18.0 Å². The van der Waals surface area contributed by atoms with E-state index in [0.29, 0.717) is 18.7 Å². The molecule has 0 bridgehead atoms. The molecule has 0 saturated carbocycles. The van der Waals surface area contributed by atoms with Crippen LogP contribution in [-0.2, 0) is 14.8 Å². The molecule has 6 nitrogen and oxygen atoms in total. The van der Waals surface area contributed by atoms with Crippen LogP contribution < -0.4 is 0 Å². The largest absolute Gasteiger partial charge is 0.454 e. The van der Waals surface area contributed by atoms with Crippen molar-refractivity contribution in [2.45, 2.75) is 17.7 Å². The first-order valence-electron chi connectivity index (χ1n) is 8.34. The lowest BCUT2D eigenvalue weighted by atomic mass is 10.1. The van der Waals surface area contributed by atoms with Crippen LogP contribution in [-0.4, -0.2) is 44.2 Å². The van der Waals surface area contributed by atoms with E-state index in [0.717, 1.165) is 12.8 Å². The van der Waals surface area contributed by atoms with E-state index in [1.165, 1.54) is 28.6 Å². The number of sulfonamides is 1. The smallest absolute Gasteiger partial charge is 0.338 e. The topological polar surface area (TPSA) is 80.8 Å². The quantitative estimate of drug-likeness (QED) is 0.574. The number of ether oxygens (including phenoxy) is 1. The number of hydrogen-bond donors (Lipinski definition) is 0. The second kappa shape index (κ2) is 7.80. The zero-order valence-electron chi connectivity index (χ0n) is 14.1. The van der Waals surface area contributed by atoms with Crippen molar-refractivity contribution in [3.05, 3.63) is 65.7 Å². The van der Waals surface area contributed by atoms with Crippen molar-refractivity contribution in [2.24, 2.45) is 0 Å². The summed E-state index contributed by atoms with van der Waals surface area (Å²) < 4.78 is 31.4. The third-order valence-electron chi connectivity index (χ3n) is 4.22. The van der Waals surface area contributed by atoms with Gasteiger partial charge in [0.1, 0.15) is 0 Å². The predicted molar refractivity (Wildman–Crippen MR) is 95.5 cm³/mol. The van der Waals surface area contributed by atoms with Crippen LogP contribution in [0.15, 0.2) is 59.5 Å². The molecule has 1 saturated heterocycles. The Bertz CT molecular complexity index is 885. The number of Topliss-reactive ketones (excluding diaryl/α,β-unsaturated/α-hetero) is 1. The minimum absolute atomic E-state index is 0.149. The van der Waals surface area contributed by atoms with Crippen molar-refractivity contribution in [3.8, 4) is 0 Å². The zero-order valence-corrected chi connectivity index (χ0v) is 14.9. The van der Waals surface area contributed by atoms with E-state index in [1.807, 2.05) is 0 Å². The highest BCUT2D eigenvalue weighted by molar-refractivity contribution is 7.89. The van der Waals surface area contributed by atoms with Crippen molar-refractivity contribution in [1.82, 2.24) is 4.31 Å². The lowest BCUT2D eigenvalue weighted by Gasteiger charge is -2.15. The van der Waals surface area contributed by atoms with Gasteiger partial charge in [0.05, 0.1) is 10.5 Å². The average molecular weight is 373 g/mol. The minimum Gasteiger partial charge on any atom is -0.454 e. The van der Waals surface area contributed by atoms with Crippen LogP contribution in [0.4, 0.5) is 0 Å². The number of benzene rings is 2. The molecule has 0 unspecified atom stereocenters. The predicted octanol–water partition coefficient (Wildman–Crippen LogP) is 2.51. The van der Waals surface area contributed by atoms with Crippen LogP contribution in [0.1, 0.15) is 33.6 Å². The second-order valence-electron chi connectivity index (χ2n) is 6.00.